The molecule has 116 valence electrons. The van der Waals surface area contributed by atoms with Gasteiger partial charge in [0.2, 0.25) is 5.91 Å². The fourth-order valence-corrected chi connectivity index (χ4v) is 2.46. The van der Waals surface area contributed by atoms with E-state index >= 15 is 0 Å². The van der Waals surface area contributed by atoms with Crippen LogP contribution in [0.4, 0.5) is 14.5 Å². The molecule has 0 saturated carbocycles. The first-order valence-corrected chi connectivity index (χ1v) is 7.32. The lowest BCUT2D eigenvalue weighted by atomic mass is 10.2. The number of hydrogen-bond donors (Lipinski definition) is 2. The molecule has 2 N–H and O–H groups in total. The van der Waals surface area contributed by atoms with E-state index in [-0.39, 0.29) is 22.6 Å². The molecule has 0 bridgehead atoms. The Morgan fingerprint density at radius 3 is 2.82 bits per heavy atom. The van der Waals surface area contributed by atoms with Crippen LogP contribution in [0.2, 0.25) is 0 Å². The summed E-state index contributed by atoms with van der Waals surface area (Å²) in [7, 11) is 0. The monoisotopic (exact) mass is 325 g/mol. The molecule has 0 fully saturated rings. The van der Waals surface area contributed by atoms with Crippen LogP contribution in [-0.4, -0.2) is 21.6 Å². The van der Waals surface area contributed by atoms with Gasteiger partial charge in [0.25, 0.3) is 12.0 Å². The molecule has 2 aromatic rings. The topological polar surface area (TPSA) is 74.8 Å². The van der Waals surface area contributed by atoms with E-state index in [2.05, 4.69) is 15.3 Å². The molecule has 0 spiro atoms. The van der Waals surface area contributed by atoms with Crippen LogP contribution in [0.15, 0.2) is 40.3 Å². The molecule has 1 aromatic carbocycles. The number of nitrogens with one attached hydrogen (secondary N) is 2. The zero-order valence-corrected chi connectivity index (χ0v) is 12.4. The first-order valence-electron chi connectivity index (χ1n) is 6.33. The van der Waals surface area contributed by atoms with Crippen molar-refractivity contribution in [1.82, 2.24) is 9.97 Å². The highest BCUT2D eigenvalue weighted by atomic mass is 32.2. The van der Waals surface area contributed by atoms with Crippen molar-refractivity contribution >= 4 is 23.4 Å². The third-order valence-corrected chi connectivity index (χ3v) is 3.53. The molecular formula is C14H13F2N3O2S. The molecule has 0 unspecified atom stereocenters. The minimum atomic E-state index is -2.67. The number of benzene rings is 1. The molecule has 0 atom stereocenters. The van der Waals surface area contributed by atoms with Gasteiger partial charge in [-0.15, -0.1) is 0 Å². The summed E-state index contributed by atoms with van der Waals surface area (Å²) in [5, 5.41) is 2.74. The first kappa shape index (κ1) is 16.2. The number of nitrogens with zero attached hydrogens (tertiary/aromatic N) is 1. The largest absolute Gasteiger partial charge is 0.325 e. The SMILES string of the molecule is Cc1cc(=O)[nH]c(SCC(=O)Nc2ccccc2C(F)F)n1. The van der Waals surface area contributed by atoms with Crippen molar-refractivity contribution in [1.29, 1.82) is 0 Å². The van der Waals surface area contributed by atoms with Gasteiger partial charge in [-0.25, -0.2) is 13.8 Å². The Morgan fingerprint density at radius 2 is 2.14 bits per heavy atom. The van der Waals surface area contributed by atoms with Crippen LogP contribution >= 0.6 is 11.8 Å². The molecule has 2 rings (SSSR count). The van der Waals surface area contributed by atoms with Crippen LogP contribution in [0, 0.1) is 6.92 Å². The fourth-order valence-electron chi connectivity index (χ4n) is 1.74. The fraction of sp³-hybridized carbons (Fsp3) is 0.214. The Morgan fingerprint density at radius 1 is 1.41 bits per heavy atom. The van der Waals surface area contributed by atoms with Crippen molar-refractivity contribution in [2.75, 3.05) is 11.1 Å². The summed E-state index contributed by atoms with van der Waals surface area (Å²) in [6.45, 7) is 1.66. The lowest BCUT2D eigenvalue weighted by Gasteiger charge is -2.10. The molecule has 0 aliphatic rings. The van der Waals surface area contributed by atoms with E-state index in [1.807, 2.05) is 0 Å². The van der Waals surface area contributed by atoms with E-state index in [1.54, 1.807) is 13.0 Å². The maximum absolute atomic E-state index is 12.8. The summed E-state index contributed by atoms with van der Waals surface area (Å²) in [6.07, 6.45) is -2.67. The molecule has 22 heavy (non-hydrogen) atoms. The quantitative estimate of drug-likeness (QED) is 0.655. The van der Waals surface area contributed by atoms with E-state index in [1.165, 1.54) is 24.3 Å². The highest BCUT2D eigenvalue weighted by molar-refractivity contribution is 7.99. The number of aromatic nitrogens is 2. The van der Waals surface area contributed by atoms with Gasteiger partial charge >= 0.3 is 0 Å². The Kier molecular flexibility index (Phi) is 5.26. The number of carbonyl (C=O) groups excluding carboxylic acids is 1. The second kappa shape index (κ2) is 7.17. The van der Waals surface area contributed by atoms with Gasteiger partial charge in [-0.2, -0.15) is 0 Å². The normalized spacial score (nSPS) is 10.7. The number of hydrogen-bond acceptors (Lipinski definition) is 4. The molecule has 1 heterocycles. The maximum atomic E-state index is 12.8. The molecule has 0 aliphatic heterocycles. The molecule has 1 amide bonds. The highest BCUT2D eigenvalue weighted by Gasteiger charge is 2.14. The predicted molar refractivity (Wildman–Crippen MR) is 80.3 cm³/mol. The summed E-state index contributed by atoms with van der Waals surface area (Å²) < 4.78 is 25.6. The molecular weight excluding hydrogens is 312 g/mol. The zero-order chi connectivity index (χ0) is 16.1. The van der Waals surface area contributed by atoms with Gasteiger partial charge < -0.3 is 10.3 Å². The van der Waals surface area contributed by atoms with Gasteiger partial charge in [0.1, 0.15) is 0 Å². The molecule has 0 saturated heterocycles. The van der Waals surface area contributed by atoms with E-state index in [0.717, 1.165) is 11.8 Å². The molecule has 1 aromatic heterocycles. The van der Waals surface area contributed by atoms with Crippen LogP contribution in [-0.2, 0) is 4.79 Å². The minimum absolute atomic E-state index is 0.0516. The van der Waals surface area contributed by atoms with Crippen LogP contribution in [0.5, 0.6) is 0 Å². The summed E-state index contributed by atoms with van der Waals surface area (Å²) in [5.74, 6) is -0.508. The van der Waals surface area contributed by atoms with Gasteiger partial charge in [-0.1, -0.05) is 30.0 Å². The van der Waals surface area contributed by atoms with Gasteiger partial charge in [-0.3, -0.25) is 9.59 Å². The summed E-state index contributed by atoms with van der Waals surface area (Å²) in [6, 6.07) is 7.05. The third kappa shape index (κ3) is 4.39. The minimum Gasteiger partial charge on any atom is -0.325 e. The number of amides is 1. The Balaban J connectivity index is 2.00. The number of rotatable bonds is 5. The summed E-state index contributed by atoms with van der Waals surface area (Å²) in [4.78, 5) is 29.7. The number of carbonyl (C=O) groups is 1. The second-order valence-corrected chi connectivity index (χ2v) is 5.38. The third-order valence-electron chi connectivity index (χ3n) is 2.66. The van der Waals surface area contributed by atoms with Gasteiger partial charge in [-0.05, 0) is 13.0 Å². The van der Waals surface area contributed by atoms with Gasteiger partial charge in [0.15, 0.2) is 5.16 Å². The number of thioether (sulfide) groups is 1. The van der Waals surface area contributed by atoms with Gasteiger partial charge in [0.05, 0.1) is 5.75 Å². The number of anilines is 1. The molecule has 0 aliphatic carbocycles. The second-order valence-electron chi connectivity index (χ2n) is 4.42. The number of H-pyrrole nitrogens is 1. The molecule has 8 heteroatoms. The van der Waals surface area contributed by atoms with Crippen molar-refractivity contribution in [2.24, 2.45) is 0 Å². The summed E-state index contributed by atoms with van der Waals surface area (Å²) >= 11 is 1.02. The standard InChI is InChI=1S/C14H13F2N3O2S/c1-8-6-11(20)19-14(17-8)22-7-12(21)18-10-5-3-2-4-9(10)13(15)16/h2-6,13H,7H2,1H3,(H,18,21)(H,17,19,20). The Labute approximate surface area is 129 Å². The smallest absolute Gasteiger partial charge is 0.265 e. The van der Waals surface area contributed by atoms with E-state index in [9.17, 15) is 18.4 Å². The number of aromatic amines is 1. The highest BCUT2D eigenvalue weighted by Crippen LogP contribution is 2.26. The van der Waals surface area contributed by atoms with E-state index in [4.69, 9.17) is 0 Å². The van der Waals surface area contributed by atoms with Crippen LogP contribution < -0.4 is 10.9 Å². The average Bonchev–Trinajstić information content (AvgIpc) is 2.44. The maximum Gasteiger partial charge on any atom is 0.265 e. The van der Waals surface area contributed by atoms with Gasteiger partial charge in [0, 0.05) is 23.0 Å². The summed E-state index contributed by atoms with van der Waals surface area (Å²) in [5.41, 5.74) is 0.0740. The molecule has 5 nitrogen and oxygen atoms in total. The average molecular weight is 325 g/mol. The van der Waals surface area contributed by atoms with Crippen LogP contribution in [0.1, 0.15) is 17.7 Å². The number of alkyl halides is 2. The van der Waals surface area contributed by atoms with Crippen LogP contribution in [0.25, 0.3) is 0 Å². The van der Waals surface area contributed by atoms with Crippen molar-refractivity contribution in [3.05, 3.63) is 51.9 Å². The lowest BCUT2D eigenvalue weighted by molar-refractivity contribution is -0.113. The van der Waals surface area contributed by atoms with Crippen molar-refractivity contribution in [2.45, 2.75) is 18.5 Å². The van der Waals surface area contributed by atoms with Crippen molar-refractivity contribution in [3.63, 3.8) is 0 Å². The Hall–Kier alpha value is -2.22. The van der Waals surface area contributed by atoms with E-state index in [0.29, 0.717) is 10.9 Å². The molecule has 0 radical (unpaired) electrons. The zero-order valence-electron chi connectivity index (χ0n) is 11.6. The van der Waals surface area contributed by atoms with Crippen LogP contribution in [0.3, 0.4) is 0 Å². The van der Waals surface area contributed by atoms with E-state index < -0.39 is 12.3 Å². The number of para-hydroxylation sites is 1. The Bertz CT molecular complexity index is 734. The number of halogens is 2. The lowest BCUT2D eigenvalue weighted by Crippen LogP contribution is -2.16. The van der Waals surface area contributed by atoms with Crippen molar-refractivity contribution < 1.29 is 13.6 Å². The predicted octanol–water partition coefficient (Wildman–Crippen LogP) is 2.75. The number of aryl methyl sites for hydroxylation is 1. The van der Waals surface area contributed by atoms with Crippen molar-refractivity contribution in [3.8, 4) is 0 Å². The first-order chi connectivity index (χ1) is 10.5.